The largest absolute Gasteiger partial charge is 0.303 e. The van der Waals surface area contributed by atoms with Crippen LogP contribution in [0.3, 0.4) is 0 Å². The molecule has 1 unspecified atom stereocenters. The van der Waals surface area contributed by atoms with Gasteiger partial charge in [-0.05, 0) is 34.1 Å². The average molecular weight is 280 g/mol. The summed E-state index contributed by atoms with van der Waals surface area (Å²) in [5.41, 5.74) is 5.19. The number of rotatable bonds is 4. The van der Waals surface area contributed by atoms with E-state index in [2.05, 4.69) is 63.2 Å². The van der Waals surface area contributed by atoms with Crippen LogP contribution < -0.4 is 0 Å². The van der Waals surface area contributed by atoms with Gasteiger partial charge >= 0.3 is 0 Å². The Balaban J connectivity index is 2.36. The molecule has 0 aliphatic carbocycles. The van der Waals surface area contributed by atoms with Crippen molar-refractivity contribution < 1.29 is 4.79 Å². The molecule has 1 heteroatoms. The molecule has 21 heavy (non-hydrogen) atoms. The van der Waals surface area contributed by atoms with E-state index in [0.29, 0.717) is 0 Å². The molecule has 0 aliphatic rings. The molecule has 0 spiro atoms. The molecule has 0 saturated heterocycles. The minimum Gasteiger partial charge on any atom is -0.303 e. The van der Waals surface area contributed by atoms with E-state index >= 15 is 0 Å². The minimum absolute atomic E-state index is 0.0556. The molecule has 0 radical (unpaired) electrons. The molecule has 0 aromatic heterocycles. The van der Waals surface area contributed by atoms with Crippen molar-refractivity contribution in [2.24, 2.45) is 5.92 Å². The molecule has 2 rings (SSSR count). The van der Waals surface area contributed by atoms with Gasteiger partial charge in [0.1, 0.15) is 6.29 Å². The lowest BCUT2D eigenvalue weighted by molar-refractivity contribution is -0.110. The molecule has 0 N–H and O–H groups in total. The second kappa shape index (κ2) is 6.26. The van der Waals surface area contributed by atoms with Crippen molar-refractivity contribution >= 4 is 6.29 Å². The zero-order chi connectivity index (χ0) is 15.5. The highest BCUT2D eigenvalue weighted by molar-refractivity contribution is 5.68. The van der Waals surface area contributed by atoms with Gasteiger partial charge in [-0.15, -0.1) is 0 Å². The van der Waals surface area contributed by atoms with Crippen LogP contribution in [-0.4, -0.2) is 6.29 Å². The summed E-state index contributed by atoms with van der Waals surface area (Å²) in [7, 11) is 0. The zero-order valence-corrected chi connectivity index (χ0v) is 13.4. The number of carbonyl (C=O) groups is 1. The quantitative estimate of drug-likeness (QED) is 0.718. The average Bonchev–Trinajstić information content (AvgIpc) is 2.47. The molecule has 0 amide bonds. The van der Waals surface area contributed by atoms with E-state index in [9.17, 15) is 4.79 Å². The summed E-state index contributed by atoms with van der Waals surface area (Å²) < 4.78 is 0. The van der Waals surface area contributed by atoms with Gasteiger partial charge in [-0.1, -0.05) is 76.2 Å². The van der Waals surface area contributed by atoms with Crippen LogP contribution in [0.15, 0.2) is 48.5 Å². The fourth-order valence-corrected chi connectivity index (χ4v) is 2.52. The van der Waals surface area contributed by atoms with Gasteiger partial charge in [-0.2, -0.15) is 0 Å². The van der Waals surface area contributed by atoms with Gasteiger partial charge in [0.05, 0.1) is 0 Å². The molecule has 1 nitrogen and oxygen atoms in total. The normalized spacial score (nSPS) is 13.0. The predicted octanol–water partition coefficient (Wildman–Crippen LogP) is 5.03. The number of hydrogen-bond donors (Lipinski definition) is 0. The van der Waals surface area contributed by atoms with E-state index in [1.165, 1.54) is 22.3 Å². The lowest BCUT2D eigenvalue weighted by atomic mass is 9.85. The molecular weight excluding hydrogens is 256 g/mol. The maximum absolute atomic E-state index is 10.9. The van der Waals surface area contributed by atoms with Crippen molar-refractivity contribution in [1.82, 2.24) is 0 Å². The summed E-state index contributed by atoms with van der Waals surface area (Å²) in [4.78, 5) is 10.9. The van der Waals surface area contributed by atoms with Crippen LogP contribution in [0.1, 0.15) is 38.8 Å². The fraction of sp³-hybridized carbons (Fsp3) is 0.350. The molecule has 0 saturated carbocycles. The Labute approximate surface area is 128 Å². The van der Waals surface area contributed by atoms with E-state index in [1.807, 2.05) is 13.0 Å². The molecular formula is C20H24O. The zero-order valence-electron chi connectivity index (χ0n) is 13.4. The fourth-order valence-electron chi connectivity index (χ4n) is 2.52. The molecule has 0 aliphatic heterocycles. The first-order chi connectivity index (χ1) is 9.91. The van der Waals surface area contributed by atoms with Crippen LogP contribution in [0.4, 0.5) is 0 Å². The van der Waals surface area contributed by atoms with Gasteiger partial charge in [0.15, 0.2) is 0 Å². The topological polar surface area (TPSA) is 17.1 Å². The van der Waals surface area contributed by atoms with E-state index in [0.717, 1.165) is 12.7 Å². The first-order valence-electron chi connectivity index (χ1n) is 7.56. The van der Waals surface area contributed by atoms with Gasteiger partial charge in [-0.25, -0.2) is 0 Å². The Kier molecular flexibility index (Phi) is 4.62. The monoisotopic (exact) mass is 280 g/mol. The summed E-state index contributed by atoms with van der Waals surface area (Å²) in [6.07, 6.45) is 1.82. The highest BCUT2D eigenvalue weighted by Gasteiger charge is 2.14. The van der Waals surface area contributed by atoms with Gasteiger partial charge in [-0.3, -0.25) is 0 Å². The summed E-state index contributed by atoms with van der Waals surface area (Å²) in [5, 5.41) is 0. The van der Waals surface area contributed by atoms with Crippen LogP contribution in [0.25, 0.3) is 11.1 Å². The Morgan fingerprint density at radius 1 is 1.00 bits per heavy atom. The van der Waals surface area contributed by atoms with E-state index < -0.39 is 0 Å². The first kappa shape index (κ1) is 15.5. The third-order valence-electron chi connectivity index (χ3n) is 3.85. The third kappa shape index (κ3) is 3.81. The highest BCUT2D eigenvalue weighted by atomic mass is 16.1. The molecule has 0 bridgehead atoms. The summed E-state index contributed by atoms with van der Waals surface area (Å²) in [6.45, 7) is 8.64. The number of benzene rings is 2. The van der Waals surface area contributed by atoms with Crippen LogP contribution in [0, 0.1) is 5.92 Å². The summed E-state index contributed by atoms with van der Waals surface area (Å²) in [6, 6.07) is 17.1. The maximum Gasteiger partial charge on any atom is 0.123 e. The van der Waals surface area contributed by atoms with Gasteiger partial charge in [0, 0.05) is 5.92 Å². The van der Waals surface area contributed by atoms with E-state index in [4.69, 9.17) is 0 Å². The SMILES string of the molecule is CC(C=O)Cc1ccccc1-c1ccc(C(C)(C)C)cc1. The summed E-state index contributed by atoms with van der Waals surface area (Å²) in [5.74, 6) is 0.0556. The molecule has 2 aromatic rings. The van der Waals surface area contributed by atoms with Crippen molar-refractivity contribution in [2.45, 2.75) is 39.5 Å². The van der Waals surface area contributed by atoms with E-state index in [1.54, 1.807) is 0 Å². The van der Waals surface area contributed by atoms with Gasteiger partial charge in [0.2, 0.25) is 0 Å². The molecule has 0 heterocycles. The van der Waals surface area contributed by atoms with Crippen molar-refractivity contribution in [1.29, 1.82) is 0 Å². The number of aldehydes is 1. The van der Waals surface area contributed by atoms with Crippen molar-refractivity contribution in [3.05, 3.63) is 59.7 Å². The van der Waals surface area contributed by atoms with Crippen molar-refractivity contribution in [3.8, 4) is 11.1 Å². The molecule has 110 valence electrons. The van der Waals surface area contributed by atoms with Gasteiger partial charge in [0.25, 0.3) is 0 Å². The van der Waals surface area contributed by atoms with E-state index in [-0.39, 0.29) is 11.3 Å². The Bertz CT molecular complexity index is 602. The number of carbonyl (C=O) groups excluding carboxylic acids is 1. The predicted molar refractivity (Wildman–Crippen MR) is 89.5 cm³/mol. The lowest BCUT2D eigenvalue weighted by Gasteiger charge is -2.19. The highest BCUT2D eigenvalue weighted by Crippen LogP contribution is 2.29. The second-order valence-electron chi connectivity index (χ2n) is 6.80. The van der Waals surface area contributed by atoms with Crippen molar-refractivity contribution in [3.63, 3.8) is 0 Å². The number of hydrogen-bond acceptors (Lipinski definition) is 1. The Morgan fingerprint density at radius 2 is 1.62 bits per heavy atom. The van der Waals surface area contributed by atoms with Crippen LogP contribution >= 0.6 is 0 Å². The molecule has 2 aromatic carbocycles. The Morgan fingerprint density at radius 3 is 2.19 bits per heavy atom. The smallest absolute Gasteiger partial charge is 0.123 e. The molecule has 0 fully saturated rings. The van der Waals surface area contributed by atoms with Gasteiger partial charge < -0.3 is 4.79 Å². The first-order valence-corrected chi connectivity index (χ1v) is 7.56. The summed E-state index contributed by atoms with van der Waals surface area (Å²) >= 11 is 0. The molecule has 1 atom stereocenters. The Hall–Kier alpha value is -1.89. The van der Waals surface area contributed by atoms with Crippen LogP contribution in [-0.2, 0) is 16.6 Å². The standard InChI is InChI=1S/C20H24O/c1-15(14-21)13-17-7-5-6-8-19(17)16-9-11-18(12-10-16)20(2,3)4/h5-12,14-15H,13H2,1-4H3. The second-order valence-corrected chi connectivity index (χ2v) is 6.80. The minimum atomic E-state index is 0.0556. The lowest BCUT2D eigenvalue weighted by Crippen LogP contribution is -2.10. The van der Waals surface area contributed by atoms with Crippen LogP contribution in [0.5, 0.6) is 0 Å². The van der Waals surface area contributed by atoms with Crippen molar-refractivity contribution in [2.75, 3.05) is 0 Å². The maximum atomic E-state index is 10.9. The van der Waals surface area contributed by atoms with Crippen LogP contribution in [0.2, 0.25) is 0 Å². The third-order valence-corrected chi connectivity index (χ3v) is 3.85.